The highest BCUT2D eigenvalue weighted by Gasteiger charge is 2.13. The number of nitrogens with zero attached hydrogens (tertiary/aromatic N) is 2. The van der Waals surface area contributed by atoms with Gasteiger partial charge in [0.05, 0.1) is 18.4 Å². The van der Waals surface area contributed by atoms with Crippen molar-refractivity contribution in [3.05, 3.63) is 64.5 Å². The minimum Gasteiger partial charge on any atom is -0.497 e. The van der Waals surface area contributed by atoms with Crippen molar-refractivity contribution in [1.82, 2.24) is 26.0 Å². The van der Waals surface area contributed by atoms with Gasteiger partial charge in [0, 0.05) is 22.4 Å². The maximum atomic E-state index is 12.2. The van der Waals surface area contributed by atoms with Crippen molar-refractivity contribution in [2.45, 2.75) is 0 Å². The van der Waals surface area contributed by atoms with Gasteiger partial charge in [-0.1, -0.05) is 0 Å². The van der Waals surface area contributed by atoms with Crippen molar-refractivity contribution >= 4 is 27.7 Å². The second kappa shape index (κ2) is 7.79. The van der Waals surface area contributed by atoms with Crippen molar-refractivity contribution in [2.75, 3.05) is 7.11 Å². The molecule has 0 saturated carbocycles. The van der Waals surface area contributed by atoms with E-state index in [1.54, 1.807) is 37.6 Å². The Hall–Kier alpha value is -3.20. The van der Waals surface area contributed by atoms with Gasteiger partial charge in [-0.05, 0) is 52.3 Å². The zero-order valence-electron chi connectivity index (χ0n) is 13.6. The molecule has 3 aromatic rings. The average molecular weight is 416 g/mol. The lowest BCUT2D eigenvalue weighted by Crippen LogP contribution is -2.41. The fourth-order valence-corrected chi connectivity index (χ4v) is 2.50. The number of H-pyrrole nitrogens is 1. The van der Waals surface area contributed by atoms with Gasteiger partial charge in [-0.25, -0.2) is 0 Å². The first-order valence-electron chi connectivity index (χ1n) is 7.48. The molecule has 1 aromatic carbocycles. The van der Waals surface area contributed by atoms with Crippen molar-refractivity contribution in [2.24, 2.45) is 0 Å². The smallest absolute Gasteiger partial charge is 0.287 e. The Morgan fingerprint density at radius 3 is 2.50 bits per heavy atom. The Kier molecular flexibility index (Phi) is 5.28. The Labute approximate surface area is 157 Å². The van der Waals surface area contributed by atoms with Crippen LogP contribution < -0.4 is 15.6 Å². The molecule has 0 spiro atoms. The Bertz CT molecular complexity index is 940. The third kappa shape index (κ3) is 4.06. The molecule has 8 nitrogen and oxygen atoms in total. The molecule has 2 aromatic heterocycles. The SMILES string of the molecule is COc1ccc(-c2cc(C(=O)NNC(=O)c3cncc(Br)c3)[nH]n2)cc1. The van der Waals surface area contributed by atoms with Crippen LogP contribution in [-0.4, -0.2) is 34.1 Å². The molecule has 2 amide bonds. The number of ether oxygens (including phenoxy) is 1. The number of benzene rings is 1. The van der Waals surface area contributed by atoms with Gasteiger partial charge in [-0.3, -0.25) is 30.5 Å². The number of amides is 2. The predicted octanol–water partition coefficient (Wildman–Crippen LogP) is 2.32. The van der Waals surface area contributed by atoms with Crippen molar-refractivity contribution < 1.29 is 14.3 Å². The van der Waals surface area contributed by atoms with E-state index in [2.05, 4.69) is 42.0 Å². The molecule has 0 unspecified atom stereocenters. The number of hydrazine groups is 1. The van der Waals surface area contributed by atoms with Gasteiger partial charge in [0.2, 0.25) is 0 Å². The van der Waals surface area contributed by atoms with Crippen LogP contribution in [0.5, 0.6) is 5.75 Å². The van der Waals surface area contributed by atoms with Gasteiger partial charge >= 0.3 is 0 Å². The number of rotatable bonds is 4. The van der Waals surface area contributed by atoms with Crippen LogP contribution in [0.25, 0.3) is 11.3 Å². The molecule has 0 atom stereocenters. The normalized spacial score (nSPS) is 10.2. The minimum absolute atomic E-state index is 0.212. The standard InChI is InChI=1S/C17H14BrN5O3/c1-26-13-4-2-10(3-5-13)14-7-15(21-20-14)17(25)23-22-16(24)11-6-12(18)9-19-8-11/h2-9H,1H3,(H,20,21)(H,22,24)(H,23,25). The van der Waals surface area contributed by atoms with E-state index in [-0.39, 0.29) is 5.69 Å². The molecule has 0 aliphatic carbocycles. The van der Waals surface area contributed by atoms with Gasteiger partial charge in [0.25, 0.3) is 11.8 Å². The summed E-state index contributed by atoms with van der Waals surface area (Å²) in [5.41, 5.74) is 6.59. The molecule has 132 valence electrons. The van der Waals surface area contributed by atoms with E-state index in [4.69, 9.17) is 4.74 Å². The van der Waals surface area contributed by atoms with E-state index in [9.17, 15) is 9.59 Å². The number of nitrogens with one attached hydrogen (secondary N) is 3. The van der Waals surface area contributed by atoms with Crippen molar-refractivity contribution in [3.8, 4) is 17.0 Å². The van der Waals surface area contributed by atoms with Gasteiger partial charge in [0.15, 0.2) is 0 Å². The molecule has 0 fully saturated rings. The maximum Gasteiger partial charge on any atom is 0.287 e. The van der Waals surface area contributed by atoms with E-state index in [0.717, 1.165) is 11.3 Å². The second-order valence-electron chi connectivity index (χ2n) is 5.20. The highest BCUT2D eigenvalue weighted by Crippen LogP contribution is 2.21. The maximum absolute atomic E-state index is 12.2. The first-order chi connectivity index (χ1) is 12.6. The summed E-state index contributed by atoms with van der Waals surface area (Å²) in [5, 5.41) is 6.75. The quantitative estimate of drug-likeness (QED) is 0.566. The fraction of sp³-hybridized carbons (Fsp3) is 0.0588. The van der Waals surface area contributed by atoms with Gasteiger partial charge in [0.1, 0.15) is 11.4 Å². The van der Waals surface area contributed by atoms with Crippen LogP contribution >= 0.6 is 15.9 Å². The first-order valence-corrected chi connectivity index (χ1v) is 8.27. The first kappa shape index (κ1) is 17.6. The van der Waals surface area contributed by atoms with E-state index >= 15 is 0 Å². The van der Waals surface area contributed by atoms with Crippen molar-refractivity contribution in [3.63, 3.8) is 0 Å². The second-order valence-corrected chi connectivity index (χ2v) is 6.11. The molecule has 9 heteroatoms. The number of hydrogen-bond donors (Lipinski definition) is 3. The molecule has 0 aliphatic heterocycles. The van der Waals surface area contributed by atoms with Crippen LogP contribution in [0.1, 0.15) is 20.8 Å². The fourth-order valence-electron chi connectivity index (χ4n) is 2.14. The average Bonchev–Trinajstić information content (AvgIpc) is 3.16. The Morgan fingerprint density at radius 2 is 1.81 bits per heavy atom. The number of carbonyl (C=O) groups excluding carboxylic acids is 2. The summed E-state index contributed by atoms with van der Waals surface area (Å²) in [4.78, 5) is 28.0. The summed E-state index contributed by atoms with van der Waals surface area (Å²) < 4.78 is 5.77. The lowest BCUT2D eigenvalue weighted by Gasteiger charge is -2.06. The highest BCUT2D eigenvalue weighted by molar-refractivity contribution is 9.10. The zero-order valence-corrected chi connectivity index (χ0v) is 15.2. The minimum atomic E-state index is -0.520. The monoisotopic (exact) mass is 415 g/mol. The number of aromatic amines is 1. The van der Waals surface area contributed by atoms with Crippen molar-refractivity contribution in [1.29, 1.82) is 0 Å². The van der Waals surface area contributed by atoms with Crippen LogP contribution in [0, 0.1) is 0 Å². The number of pyridine rings is 1. The molecule has 0 saturated heterocycles. The lowest BCUT2D eigenvalue weighted by molar-refractivity contribution is 0.0843. The lowest BCUT2D eigenvalue weighted by atomic mass is 10.1. The van der Waals surface area contributed by atoms with Crippen LogP contribution in [0.2, 0.25) is 0 Å². The van der Waals surface area contributed by atoms with Crippen LogP contribution in [-0.2, 0) is 0 Å². The molecule has 2 heterocycles. The Balaban J connectivity index is 1.63. The summed E-state index contributed by atoms with van der Waals surface area (Å²) in [6.07, 6.45) is 2.95. The van der Waals surface area contributed by atoms with Gasteiger partial charge in [-0.15, -0.1) is 0 Å². The summed E-state index contributed by atoms with van der Waals surface area (Å²) in [6.45, 7) is 0. The highest BCUT2D eigenvalue weighted by atomic mass is 79.9. The third-order valence-electron chi connectivity index (χ3n) is 3.46. The number of aromatic nitrogens is 3. The van der Waals surface area contributed by atoms with Gasteiger partial charge in [-0.2, -0.15) is 5.10 Å². The topological polar surface area (TPSA) is 109 Å². The predicted molar refractivity (Wildman–Crippen MR) is 97.4 cm³/mol. The third-order valence-corrected chi connectivity index (χ3v) is 3.90. The zero-order chi connectivity index (χ0) is 18.5. The van der Waals surface area contributed by atoms with Crippen LogP contribution in [0.3, 0.4) is 0 Å². The van der Waals surface area contributed by atoms with E-state index < -0.39 is 11.8 Å². The molecule has 26 heavy (non-hydrogen) atoms. The Morgan fingerprint density at radius 1 is 1.08 bits per heavy atom. The van der Waals surface area contributed by atoms with E-state index in [1.165, 1.54) is 6.20 Å². The summed E-state index contributed by atoms with van der Waals surface area (Å²) in [5.74, 6) is -0.275. The molecular weight excluding hydrogens is 402 g/mol. The molecule has 0 aliphatic rings. The van der Waals surface area contributed by atoms with Crippen LogP contribution in [0.15, 0.2) is 53.3 Å². The summed E-state index contributed by atoms with van der Waals surface area (Å²) in [7, 11) is 1.59. The number of hydrogen-bond acceptors (Lipinski definition) is 5. The molecular formula is C17H14BrN5O3. The molecule has 3 N–H and O–H groups in total. The number of carbonyl (C=O) groups is 2. The molecule has 0 bridgehead atoms. The largest absolute Gasteiger partial charge is 0.497 e. The molecule has 0 radical (unpaired) electrons. The molecule has 3 rings (SSSR count). The number of methoxy groups -OCH3 is 1. The number of halogens is 1. The van der Waals surface area contributed by atoms with E-state index in [1.807, 2.05) is 12.1 Å². The van der Waals surface area contributed by atoms with Gasteiger partial charge < -0.3 is 4.74 Å². The summed E-state index contributed by atoms with van der Waals surface area (Å²) >= 11 is 3.23. The summed E-state index contributed by atoms with van der Waals surface area (Å²) in [6, 6.07) is 10.4. The van der Waals surface area contributed by atoms with E-state index in [0.29, 0.717) is 15.7 Å². The van der Waals surface area contributed by atoms with Crippen LogP contribution in [0.4, 0.5) is 0 Å².